The first-order valence-electron chi connectivity index (χ1n) is 13.2. The summed E-state index contributed by atoms with van der Waals surface area (Å²) in [6.45, 7) is 1.89. The molecule has 0 bridgehead atoms. The van der Waals surface area contributed by atoms with E-state index < -0.39 is 5.92 Å². The number of ketones is 1. The molecule has 0 radical (unpaired) electrons. The maximum absolute atomic E-state index is 13.9. The summed E-state index contributed by atoms with van der Waals surface area (Å²) in [6, 6.07) is 13.4. The molecule has 3 aliphatic rings. The Hall–Kier alpha value is -3.74. The van der Waals surface area contributed by atoms with Gasteiger partial charge in [0, 0.05) is 35.2 Å². The van der Waals surface area contributed by atoms with E-state index in [9.17, 15) is 9.59 Å². The van der Waals surface area contributed by atoms with Crippen LogP contribution in [0.4, 0.5) is 0 Å². The fraction of sp³-hybridized carbons (Fsp3) is 0.419. The van der Waals surface area contributed by atoms with Crippen LogP contribution >= 0.6 is 0 Å². The zero-order chi connectivity index (χ0) is 26.8. The van der Waals surface area contributed by atoms with Crippen molar-refractivity contribution < 1.29 is 28.5 Å². The van der Waals surface area contributed by atoms with E-state index in [1.165, 1.54) is 0 Å². The van der Waals surface area contributed by atoms with Gasteiger partial charge in [-0.15, -0.1) is 0 Å². The Kier molecular flexibility index (Phi) is 7.45. The molecule has 0 unspecified atom stereocenters. The Balaban J connectivity index is 1.58. The van der Waals surface area contributed by atoms with Crippen LogP contribution in [0, 0.1) is 0 Å². The van der Waals surface area contributed by atoms with Gasteiger partial charge in [0.15, 0.2) is 17.3 Å². The lowest BCUT2D eigenvalue weighted by molar-refractivity contribution is -0.144. The van der Waals surface area contributed by atoms with Crippen LogP contribution in [0.3, 0.4) is 0 Å². The topological polar surface area (TPSA) is 83.1 Å². The SMILES string of the molecule is COc1ccc([C@@H]2C(C(=O)OC3CCCC3)=C(C)NC3=C2C(=O)C[C@H](c2ccccc2OC)C3)cc1OC. The van der Waals surface area contributed by atoms with E-state index in [4.69, 9.17) is 18.9 Å². The number of carbonyl (C=O) groups is 2. The fourth-order valence-corrected chi connectivity index (χ4v) is 6.12. The molecule has 2 aliphatic carbocycles. The van der Waals surface area contributed by atoms with E-state index in [0.29, 0.717) is 41.2 Å². The van der Waals surface area contributed by atoms with Gasteiger partial charge in [0.1, 0.15) is 11.9 Å². The lowest BCUT2D eigenvalue weighted by atomic mass is 9.71. The number of rotatable bonds is 7. The van der Waals surface area contributed by atoms with Crippen LogP contribution in [0.2, 0.25) is 0 Å². The molecular formula is C31H35NO6. The highest BCUT2D eigenvalue weighted by Crippen LogP contribution is 2.48. The molecule has 1 heterocycles. The summed E-state index contributed by atoms with van der Waals surface area (Å²) < 4.78 is 22.6. The zero-order valence-electron chi connectivity index (χ0n) is 22.5. The van der Waals surface area contributed by atoms with Crippen LogP contribution in [-0.4, -0.2) is 39.2 Å². The van der Waals surface area contributed by atoms with Gasteiger partial charge in [-0.25, -0.2) is 4.79 Å². The van der Waals surface area contributed by atoms with Crippen molar-refractivity contribution in [2.75, 3.05) is 21.3 Å². The molecule has 38 heavy (non-hydrogen) atoms. The summed E-state index contributed by atoms with van der Waals surface area (Å²) in [4.78, 5) is 27.6. The summed E-state index contributed by atoms with van der Waals surface area (Å²) >= 11 is 0. The van der Waals surface area contributed by atoms with E-state index in [0.717, 1.165) is 48.3 Å². The molecular weight excluding hydrogens is 482 g/mol. The third-order valence-corrected chi connectivity index (χ3v) is 7.94. The number of Topliss-reactive ketones (excluding diaryl/α,β-unsaturated/α-hetero) is 1. The second kappa shape index (κ2) is 10.9. The molecule has 1 aliphatic heterocycles. The van der Waals surface area contributed by atoms with Crippen molar-refractivity contribution in [2.24, 2.45) is 0 Å². The van der Waals surface area contributed by atoms with Crippen molar-refractivity contribution in [1.82, 2.24) is 5.32 Å². The Morgan fingerprint density at radius 3 is 2.32 bits per heavy atom. The van der Waals surface area contributed by atoms with E-state index in [-0.39, 0.29) is 23.8 Å². The first-order valence-corrected chi connectivity index (χ1v) is 13.2. The normalized spacial score (nSPS) is 21.6. The molecule has 0 aromatic heterocycles. The maximum Gasteiger partial charge on any atom is 0.337 e. The van der Waals surface area contributed by atoms with Crippen molar-refractivity contribution in [2.45, 2.75) is 63.4 Å². The minimum atomic E-state index is -0.564. The number of hydrogen-bond donors (Lipinski definition) is 1. The van der Waals surface area contributed by atoms with Crippen LogP contribution in [0.15, 0.2) is 65.0 Å². The number of nitrogens with one attached hydrogen (secondary N) is 1. The van der Waals surface area contributed by atoms with Crippen molar-refractivity contribution in [3.8, 4) is 17.2 Å². The van der Waals surface area contributed by atoms with Gasteiger partial charge in [-0.3, -0.25) is 4.79 Å². The number of para-hydroxylation sites is 1. The zero-order valence-corrected chi connectivity index (χ0v) is 22.5. The van der Waals surface area contributed by atoms with E-state index in [1.807, 2.05) is 49.4 Å². The van der Waals surface area contributed by atoms with Gasteiger partial charge in [0.05, 0.1) is 26.9 Å². The molecule has 0 spiro atoms. The summed E-state index contributed by atoms with van der Waals surface area (Å²) in [7, 11) is 4.81. The Morgan fingerprint density at radius 2 is 1.61 bits per heavy atom. The van der Waals surface area contributed by atoms with Crippen LogP contribution in [0.1, 0.15) is 68.4 Å². The highest BCUT2D eigenvalue weighted by molar-refractivity contribution is 6.04. The van der Waals surface area contributed by atoms with Gasteiger partial charge in [0.2, 0.25) is 0 Å². The van der Waals surface area contributed by atoms with E-state index >= 15 is 0 Å². The second-order valence-electron chi connectivity index (χ2n) is 10.2. The molecule has 1 saturated carbocycles. The molecule has 1 N–H and O–H groups in total. The number of benzene rings is 2. The number of ether oxygens (including phenoxy) is 4. The van der Waals surface area contributed by atoms with E-state index in [1.54, 1.807) is 21.3 Å². The van der Waals surface area contributed by atoms with Crippen molar-refractivity contribution in [1.29, 1.82) is 0 Å². The summed E-state index contributed by atoms with van der Waals surface area (Å²) in [5.74, 6) is 0.945. The first-order chi connectivity index (χ1) is 18.4. The lowest BCUT2D eigenvalue weighted by Crippen LogP contribution is -2.36. The van der Waals surface area contributed by atoms with Gasteiger partial charge < -0.3 is 24.3 Å². The molecule has 2 aromatic rings. The average Bonchev–Trinajstić information content (AvgIpc) is 3.44. The largest absolute Gasteiger partial charge is 0.496 e. The Morgan fingerprint density at radius 1 is 0.895 bits per heavy atom. The van der Waals surface area contributed by atoms with Gasteiger partial charge in [-0.1, -0.05) is 24.3 Å². The number of dihydropyridines is 1. The van der Waals surface area contributed by atoms with E-state index in [2.05, 4.69) is 5.32 Å². The summed E-state index contributed by atoms with van der Waals surface area (Å²) in [6.07, 6.45) is 4.75. The molecule has 2 aromatic carbocycles. The predicted octanol–water partition coefficient (Wildman–Crippen LogP) is 5.56. The van der Waals surface area contributed by atoms with Crippen LogP contribution in [-0.2, 0) is 14.3 Å². The van der Waals surface area contributed by atoms with Gasteiger partial charge in [0.25, 0.3) is 0 Å². The number of carbonyl (C=O) groups excluding carboxylic acids is 2. The van der Waals surface area contributed by atoms with Crippen LogP contribution < -0.4 is 19.5 Å². The molecule has 200 valence electrons. The Labute approximate surface area is 223 Å². The third kappa shape index (κ3) is 4.77. The third-order valence-electron chi connectivity index (χ3n) is 7.94. The monoisotopic (exact) mass is 517 g/mol. The standard InChI is InChI=1S/C31H35NO6/c1-18-28(31(34)38-21-9-5-6-10-21)29(19-13-14-26(36-3)27(17-19)37-4)30-23(32-18)15-20(16-24(30)33)22-11-7-8-12-25(22)35-2/h7-8,11-14,17,20-21,29,32H,5-6,9-10,15-16H2,1-4H3/t20-,29-/m1/s1. The fourth-order valence-electron chi connectivity index (χ4n) is 6.12. The number of allylic oxidation sites excluding steroid dienone is 3. The highest BCUT2D eigenvalue weighted by atomic mass is 16.5. The minimum absolute atomic E-state index is 0.00751. The van der Waals surface area contributed by atoms with Gasteiger partial charge in [-0.2, -0.15) is 0 Å². The lowest BCUT2D eigenvalue weighted by Gasteiger charge is -2.37. The van der Waals surface area contributed by atoms with Gasteiger partial charge in [-0.05, 0) is 68.4 Å². The molecule has 1 fully saturated rings. The molecule has 2 atom stereocenters. The van der Waals surface area contributed by atoms with Crippen molar-refractivity contribution in [3.63, 3.8) is 0 Å². The Bertz CT molecular complexity index is 1300. The molecule has 7 heteroatoms. The number of hydrogen-bond acceptors (Lipinski definition) is 7. The number of esters is 1. The first kappa shape index (κ1) is 25.9. The van der Waals surface area contributed by atoms with Crippen molar-refractivity contribution in [3.05, 3.63) is 76.1 Å². The highest BCUT2D eigenvalue weighted by Gasteiger charge is 2.42. The number of methoxy groups -OCH3 is 3. The molecule has 0 saturated heterocycles. The quantitative estimate of drug-likeness (QED) is 0.482. The second-order valence-corrected chi connectivity index (χ2v) is 10.2. The molecule has 7 nitrogen and oxygen atoms in total. The predicted molar refractivity (Wildman–Crippen MR) is 143 cm³/mol. The van der Waals surface area contributed by atoms with Crippen LogP contribution in [0.25, 0.3) is 0 Å². The molecule has 0 amide bonds. The maximum atomic E-state index is 13.9. The smallest absolute Gasteiger partial charge is 0.337 e. The van der Waals surface area contributed by atoms with Gasteiger partial charge >= 0.3 is 5.97 Å². The summed E-state index contributed by atoms with van der Waals surface area (Å²) in [5.41, 5.74) is 4.44. The molecule has 5 rings (SSSR count). The van der Waals surface area contributed by atoms with Crippen molar-refractivity contribution >= 4 is 11.8 Å². The minimum Gasteiger partial charge on any atom is -0.496 e. The summed E-state index contributed by atoms with van der Waals surface area (Å²) in [5, 5.41) is 3.43. The van der Waals surface area contributed by atoms with Crippen LogP contribution in [0.5, 0.6) is 17.2 Å². The average molecular weight is 518 g/mol.